The average molecular weight is 273 g/mol. The molecule has 19 heavy (non-hydrogen) atoms. The van der Waals surface area contributed by atoms with Crippen molar-refractivity contribution in [1.82, 2.24) is 16.0 Å². The maximum absolute atomic E-state index is 11.4. The van der Waals surface area contributed by atoms with Gasteiger partial charge in [-0.3, -0.25) is 14.9 Å². The van der Waals surface area contributed by atoms with Gasteiger partial charge in [0, 0.05) is 19.4 Å². The second kappa shape index (κ2) is 6.69. The van der Waals surface area contributed by atoms with Gasteiger partial charge in [0.1, 0.15) is 6.04 Å². The molecule has 1 saturated heterocycles. The summed E-state index contributed by atoms with van der Waals surface area (Å²) in [4.78, 5) is 43.9. The Morgan fingerprint density at radius 2 is 2.11 bits per heavy atom. The van der Waals surface area contributed by atoms with Crippen LogP contribution in [0.15, 0.2) is 0 Å². The van der Waals surface area contributed by atoms with Crippen molar-refractivity contribution < 1.29 is 29.4 Å². The third-order valence-electron chi connectivity index (χ3n) is 2.53. The maximum Gasteiger partial charge on any atom is 0.332 e. The first-order valence-electron chi connectivity index (χ1n) is 5.69. The van der Waals surface area contributed by atoms with Crippen LogP contribution in [0.5, 0.6) is 0 Å². The van der Waals surface area contributed by atoms with E-state index >= 15 is 0 Å². The van der Waals surface area contributed by atoms with Crippen LogP contribution in [0.4, 0.5) is 4.79 Å². The van der Waals surface area contributed by atoms with E-state index in [0.29, 0.717) is 0 Å². The van der Waals surface area contributed by atoms with E-state index in [9.17, 15) is 19.2 Å². The number of carbonyl (C=O) groups is 4. The number of aliphatic carboxylic acids is 1. The average Bonchev–Trinajstić information content (AvgIpc) is 2.32. The zero-order valence-electron chi connectivity index (χ0n) is 10.0. The topological polar surface area (TPSA) is 145 Å². The van der Waals surface area contributed by atoms with Gasteiger partial charge in [0.2, 0.25) is 11.8 Å². The first-order valence-corrected chi connectivity index (χ1v) is 5.69. The van der Waals surface area contributed by atoms with E-state index in [2.05, 4.69) is 16.0 Å². The molecule has 0 saturated carbocycles. The van der Waals surface area contributed by atoms with Gasteiger partial charge >= 0.3 is 12.0 Å². The third-order valence-corrected chi connectivity index (χ3v) is 2.53. The number of carbonyl (C=O) groups excluding carboxylic acids is 3. The predicted octanol–water partition coefficient (Wildman–Crippen LogP) is -2.07. The Balaban J connectivity index is 2.26. The van der Waals surface area contributed by atoms with Gasteiger partial charge in [0.05, 0.1) is 0 Å². The van der Waals surface area contributed by atoms with Crippen LogP contribution in [-0.4, -0.2) is 52.7 Å². The molecule has 1 unspecified atom stereocenters. The quantitative estimate of drug-likeness (QED) is 0.364. The Morgan fingerprint density at radius 1 is 1.42 bits per heavy atom. The number of aliphatic hydroxyl groups is 1. The number of hydrogen-bond donors (Lipinski definition) is 5. The normalized spacial score (nSPS) is 20.4. The zero-order chi connectivity index (χ0) is 14.4. The number of carboxylic acids is 1. The first kappa shape index (κ1) is 14.9. The Kier molecular flexibility index (Phi) is 5.24. The van der Waals surface area contributed by atoms with E-state index in [1.54, 1.807) is 0 Å². The van der Waals surface area contributed by atoms with Crippen molar-refractivity contribution in [2.24, 2.45) is 0 Å². The van der Waals surface area contributed by atoms with Crippen molar-refractivity contribution in [3.05, 3.63) is 0 Å². The highest BCUT2D eigenvalue weighted by Crippen LogP contribution is 2.03. The number of aliphatic hydroxyl groups excluding tert-OH is 1. The molecule has 1 aliphatic rings. The van der Waals surface area contributed by atoms with Gasteiger partial charge in [-0.1, -0.05) is 0 Å². The number of rotatable bonds is 5. The monoisotopic (exact) mass is 273 g/mol. The fraction of sp³-hybridized carbons (Fsp3) is 0.600. The molecule has 5 N–H and O–H groups in total. The molecule has 1 aliphatic heterocycles. The molecule has 0 bridgehead atoms. The Labute approximate surface area is 108 Å². The minimum atomic E-state index is -1.55. The van der Waals surface area contributed by atoms with Crippen LogP contribution in [-0.2, 0) is 14.4 Å². The lowest BCUT2D eigenvalue weighted by atomic mass is 10.1. The molecule has 0 aromatic carbocycles. The molecule has 0 radical (unpaired) electrons. The maximum atomic E-state index is 11.4. The van der Waals surface area contributed by atoms with E-state index in [-0.39, 0.29) is 31.7 Å². The number of piperidine rings is 1. The van der Waals surface area contributed by atoms with Crippen LogP contribution in [0.25, 0.3) is 0 Å². The van der Waals surface area contributed by atoms with E-state index in [0.717, 1.165) is 0 Å². The molecule has 0 aromatic heterocycles. The zero-order valence-corrected chi connectivity index (χ0v) is 10.0. The van der Waals surface area contributed by atoms with Crippen LogP contribution in [0.3, 0.4) is 0 Å². The number of carboxylic acid groups (broad SMARTS) is 1. The third kappa shape index (κ3) is 4.92. The van der Waals surface area contributed by atoms with Crippen LogP contribution >= 0.6 is 0 Å². The van der Waals surface area contributed by atoms with Crippen molar-refractivity contribution in [2.45, 2.75) is 31.4 Å². The summed E-state index contributed by atoms with van der Waals surface area (Å²) in [6, 6.07) is -1.45. The minimum Gasteiger partial charge on any atom is -0.479 e. The summed E-state index contributed by atoms with van der Waals surface area (Å²) in [5.74, 6) is -2.32. The molecule has 0 aromatic rings. The lowest BCUT2D eigenvalue weighted by Crippen LogP contribution is -2.54. The molecular formula is C10H15N3O6. The van der Waals surface area contributed by atoms with E-state index in [4.69, 9.17) is 10.2 Å². The summed E-state index contributed by atoms with van der Waals surface area (Å²) in [6.07, 6.45) is -1.32. The standard InChI is InChI=1S/C10H15N3O6/c14-6(9(17)18)3-4-11-10(19)12-5-1-2-7(15)13-8(5)16/h5-6,14H,1-4H2,(H,17,18)(H2,11,12,19)(H,13,15,16)/t5?,6-/m0/s1. The van der Waals surface area contributed by atoms with Gasteiger partial charge in [-0.25, -0.2) is 9.59 Å². The highest BCUT2D eigenvalue weighted by Gasteiger charge is 2.27. The first-order chi connectivity index (χ1) is 8.90. The van der Waals surface area contributed by atoms with Crippen molar-refractivity contribution in [3.8, 4) is 0 Å². The molecular weight excluding hydrogens is 258 g/mol. The predicted molar refractivity (Wildman–Crippen MR) is 61.0 cm³/mol. The molecule has 2 atom stereocenters. The van der Waals surface area contributed by atoms with Crippen LogP contribution in [0.1, 0.15) is 19.3 Å². The van der Waals surface area contributed by atoms with Gasteiger partial charge in [-0.15, -0.1) is 0 Å². The van der Waals surface area contributed by atoms with Crippen molar-refractivity contribution in [3.63, 3.8) is 0 Å². The molecule has 4 amide bonds. The fourth-order valence-corrected chi connectivity index (χ4v) is 1.49. The van der Waals surface area contributed by atoms with Crippen molar-refractivity contribution in [1.29, 1.82) is 0 Å². The highest BCUT2D eigenvalue weighted by atomic mass is 16.4. The molecule has 1 fully saturated rings. The summed E-state index contributed by atoms with van der Waals surface area (Å²) in [5.41, 5.74) is 0. The molecule has 1 heterocycles. The molecule has 0 aliphatic carbocycles. The van der Waals surface area contributed by atoms with E-state index in [1.165, 1.54) is 0 Å². The summed E-state index contributed by atoms with van der Waals surface area (Å²) >= 11 is 0. The van der Waals surface area contributed by atoms with Gasteiger partial charge in [0.15, 0.2) is 6.10 Å². The molecule has 1 rings (SSSR count). The summed E-state index contributed by atoms with van der Waals surface area (Å²) < 4.78 is 0. The van der Waals surface area contributed by atoms with Crippen LogP contribution in [0, 0.1) is 0 Å². The Hall–Kier alpha value is -2.16. The van der Waals surface area contributed by atoms with Gasteiger partial charge in [-0.05, 0) is 6.42 Å². The number of urea groups is 1. The minimum absolute atomic E-state index is 0.0490. The van der Waals surface area contributed by atoms with Gasteiger partial charge in [0.25, 0.3) is 0 Å². The van der Waals surface area contributed by atoms with Gasteiger partial charge < -0.3 is 20.8 Å². The number of hydrogen-bond acceptors (Lipinski definition) is 5. The lowest BCUT2D eigenvalue weighted by Gasteiger charge is -2.21. The van der Waals surface area contributed by atoms with Crippen molar-refractivity contribution in [2.75, 3.05) is 6.54 Å². The largest absolute Gasteiger partial charge is 0.479 e. The highest BCUT2D eigenvalue weighted by molar-refractivity contribution is 6.01. The summed E-state index contributed by atoms with van der Waals surface area (Å²) in [6.45, 7) is -0.0490. The van der Waals surface area contributed by atoms with E-state index < -0.39 is 30.1 Å². The Morgan fingerprint density at radius 3 is 2.68 bits per heavy atom. The lowest BCUT2D eigenvalue weighted by molar-refractivity contribution is -0.146. The Bertz CT molecular complexity index is 397. The second-order valence-corrected chi connectivity index (χ2v) is 4.05. The fourth-order valence-electron chi connectivity index (χ4n) is 1.49. The molecule has 106 valence electrons. The number of imide groups is 1. The molecule has 9 nitrogen and oxygen atoms in total. The summed E-state index contributed by atoms with van der Waals surface area (Å²) in [5, 5.41) is 24.1. The SMILES string of the molecule is O=C1CCC(NC(=O)NCC[C@H](O)C(=O)O)C(=O)N1. The number of amides is 4. The molecule has 0 spiro atoms. The number of nitrogens with one attached hydrogen (secondary N) is 3. The van der Waals surface area contributed by atoms with Crippen LogP contribution < -0.4 is 16.0 Å². The summed E-state index contributed by atoms with van der Waals surface area (Å²) in [7, 11) is 0. The smallest absolute Gasteiger partial charge is 0.332 e. The van der Waals surface area contributed by atoms with Crippen LogP contribution in [0.2, 0.25) is 0 Å². The van der Waals surface area contributed by atoms with Gasteiger partial charge in [-0.2, -0.15) is 0 Å². The van der Waals surface area contributed by atoms with E-state index in [1.807, 2.05) is 0 Å². The second-order valence-electron chi connectivity index (χ2n) is 4.05. The molecule has 9 heteroatoms. The van der Waals surface area contributed by atoms with Crippen molar-refractivity contribution >= 4 is 23.8 Å².